The minimum atomic E-state index is -0.315. The van der Waals surface area contributed by atoms with E-state index in [-0.39, 0.29) is 24.8 Å². The van der Waals surface area contributed by atoms with Gasteiger partial charge in [0.05, 0.1) is 6.61 Å². The fourth-order valence-electron chi connectivity index (χ4n) is 1.99. The van der Waals surface area contributed by atoms with Crippen molar-refractivity contribution < 1.29 is 14.3 Å². The molecule has 2 N–H and O–H groups in total. The molecule has 0 fully saturated rings. The lowest BCUT2D eigenvalue weighted by atomic mass is 10.1. The van der Waals surface area contributed by atoms with Gasteiger partial charge in [-0.25, -0.2) is 0 Å². The molecule has 0 atom stereocenters. The van der Waals surface area contributed by atoms with Crippen LogP contribution in [0.15, 0.2) is 34.7 Å². The number of aliphatic hydroxyl groups excluding tert-OH is 1. The fraction of sp³-hybridized carbons (Fsp3) is 0.267. The summed E-state index contributed by atoms with van der Waals surface area (Å²) in [7, 11) is 0. The summed E-state index contributed by atoms with van der Waals surface area (Å²) in [5.74, 6) is 0.605. The van der Waals surface area contributed by atoms with Crippen LogP contribution in [0.2, 0.25) is 0 Å². The average molecular weight is 259 g/mol. The molecule has 0 aliphatic heterocycles. The molecule has 4 nitrogen and oxygen atoms in total. The van der Waals surface area contributed by atoms with Crippen LogP contribution in [-0.2, 0) is 0 Å². The largest absolute Gasteiger partial charge is 0.451 e. The molecule has 1 amide bonds. The summed E-state index contributed by atoms with van der Waals surface area (Å²) >= 11 is 0. The molecule has 0 saturated carbocycles. The van der Waals surface area contributed by atoms with Gasteiger partial charge >= 0.3 is 0 Å². The van der Waals surface area contributed by atoms with Gasteiger partial charge in [-0.05, 0) is 38.1 Å². The van der Waals surface area contributed by atoms with Gasteiger partial charge in [-0.1, -0.05) is 17.2 Å². The molecule has 4 heteroatoms. The van der Waals surface area contributed by atoms with Gasteiger partial charge in [0.1, 0.15) is 5.76 Å². The van der Waals surface area contributed by atoms with E-state index in [1.54, 1.807) is 12.1 Å². The van der Waals surface area contributed by atoms with Gasteiger partial charge in [-0.2, -0.15) is 0 Å². The topological polar surface area (TPSA) is 62.5 Å². The van der Waals surface area contributed by atoms with Crippen molar-refractivity contribution in [1.29, 1.82) is 0 Å². The van der Waals surface area contributed by atoms with E-state index in [0.717, 1.165) is 16.7 Å². The number of amides is 1. The predicted molar refractivity (Wildman–Crippen MR) is 73.0 cm³/mol. The monoisotopic (exact) mass is 259 g/mol. The molecule has 19 heavy (non-hydrogen) atoms. The first-order valence-corrected chi connectivity index (χ1v) is 6.17. The minimum absolute atomic E-state index is 0.0869. The fourth-order valence-corrected chi connectivity index (χ4v) is 1.99. The maximum Gasteiger partial charge on any atom is 0.287 e. The Balaban J connectivity index is 2.23. The first kappa shape index (κ1) is 13.4. The Morgan fingerprint density at radius 1 is 1.21 bits per heavy atom. The van der Waals surface area contributed by atoms with Gasteiger partial charge in [-0.3, -0.25) is 4.79 Å². The van der Waals surface area contributed by atoms with Crippen LogP contribution >= 0.6 is 0 Å². The molecule has 0 radical (unpaired) electrons. The highest BCUT2D eigenvalue weighted by molar-refractivity contribution is 5.92. The zero-order chi connectivity index (χ0) is 13.8. The lowest BCUT2D eigenvalue weighted by Crippen LogP contribution is -2.25. The van der Waals surface area contributed by atoms with Gasteiger partial charge in [0.2, 0.25) is 0 Å². The maximum atomic E-state index is 11.7. The highest BCUT2D eigenvalue weighted by Gasteiger charge is 2.11. The lowest BCUT2D eigenvalue weighted by molar-refractivity contribution is 0.0918. The minimum Gasteiger partial charge on any atom is -0.451 e. The molecule has 1 heterocycles. The van der Waals surface area contributed by atoms with E-state index in [2.05, 4.69) is 11.4 Å². The number of aliphatic hydroxyl groups is 1. The van der Waals surface area contributed by atoms with Gasteiger partial charge in [-0.15, -0.1) is 0 Å². The van der Waals surface area contributed by atoms with Crippen LogP contribution in [0.5, 0.6) is 0 Å². The first-order chi connectivity index (χ1) is 9.10. The molecule has 2 aromatic rings. The Morgan fingerprint density at radius 3 is 2.53 bits per heavy atom. The number of rotatable bonds is 4. The third kappa shape index (κ3) is 3.23. The smallest absolute Gasteiger partial charge is 0.287 e. The maximum absolute atomic E-state index is 11.7. The number of carbonyl (C=O) groups is 1. The van der Waals surface area contributed by atoms with E-state index in [4.69, 9.17) is 9.52 Å². The number of carbonyl (C=O) groups excluding carboxylic acids is 1. The molecule has 0 saturated heterocycles. The molecular formula is C15H17NO3. The van der Waals surface area contributed by atoms with Crippen molar-refractivity contribution in [2.24, 2.45) is 0 Å². The van der Waals surface area contributed by atoms with Crippen LogP contribution in [0.25, 0.3) is 11.3 Å². The second-order valence-electron chi connectivity index (χ2n) is 4.52. The third-order valence-electron chi connectivity index (χ3n) is 2.73. The Morgan fingerprint density at radius 2 is 1.89 bits per heavy atom. The van der Waals surface area contributed by atoms with E-state index in [1.807, 2.05) is 26.0 Å². The van der Waals surface area contributed by atoms with Crippen LogP contribution in [0.1, 0.15) is 21.7 Å². The van der Waals surface area contributed by atoms with Crippen molar-refractivity contribution >= 4 is 5.91 Å². The molecule has 100 valence electrons. The van der Waals surface area contributed by atoms with Gasteiger partial charge in [0.25, 0.3) is 5.91 Å². The first-order valence-electron chi connectivity index (χ1n) is 6.17. The number of furan rings is 1. The summed E-state index contributed by atoms with van der Waals surface area (Å²) in [4.78, 5) is 11.7. The molecular weight excluding hydrogens is 242 g/mol. The Hall–Kier alpha value is -2.07. The summed E-state index contributed by atoms with van der Waals surface area (Å²) in [6.07, 6.45) is 0. The zero-order valence-electron chi connectivity index (χ0n) is 11.1. The summed E-state index contributed by atoms with van der Waals surface area (Å²) in [5, 5.41) is 11.2. The van der Waals surface area contributed by atoms with E-state index in [0.29, 0.717) is 5.76 Å². The molecule has 0 unspecified atom stereocenters. The molecule has 2 rings (SSSR count). The van der Waals surface area contributed by atoms with Crippen molar-refractivity contribution in [3.63, 3.8) is 0 Å². The Labute approximate surface area is 112 Å². The van der Waals surface area contributed by atoms with E-state index in [9.17, 15) is 4.79 Å². The Kier molecular flexibility index (Phi) is 4.02. The van der Waals surface area contributed by atoms with Gasteiger partial charge in [0, 0.05) is 12.1 Å². The molecule has 0 aliphatic carbocycles. The SMILES string of the molecule is Cc1cc(C)cc(-c2ccc(C(=O)NCCO)o2)c1. The predicted octanol–water partition coefficient (Wildman–Crippen LogP) is 2.29. The second kappa shape index (κ2) is 5.71. The number of hydrogen-bond acceptors (Lipinski definition) is 3. The quantitative estimate of drug-likeness (QED) is 0.885. The molecule has 0 spiro atoms. The van der Waals surface area contributed by atoms with Crippen LogP contribution in [-0.4, -0.2) is 24.2 Å². The molecule has 1 aromatic heterocycles. The van der Waals surface area contributed by atoms with Crippen molar-refractivity contribution in [3.05, 3.63) is 47.2 Å². The van der Waals surface area contributed by atoms with Gasteiger partial charge < -0.3 is 14.8 Å². The standard InChI is InChI=1S/C15H17NO3/c1-10-7-11(2)9-12(8-10)13-3-4-14(19-13)15(18)16-5-6-17/h3-4,7-9,17H,5-6H2,1-2H3,(H,16,18). The van der Waals surface area contributed by atoms with Crippen molar-refractivity contribution in [2.75, 3.05) is 13.2 Å². The number of benzene rings is 1. The van der Waals surface area contributed by atoms with Crippen molar-refractivity contribution in [2.45, 2.75) is 13.8 Å². The Bertz CT molecular complexity index is 567. The van der Waals surface area contributed by atoms with E-state index in [1.165, 1.54) is 0 Å². The number of hydrogen-bond donors (Lipinski definition) is 2. The highest BCUT2D eigenvalue weighted by atomic mass is 16.4. The summed E-state index contributed by atoms with van der Waals surface area (Å²) in [6.45, 7) is 4.18. The van der Waals surface area contributed by atoms with Crippen LogP contribution in [0, 0.1) is 13.8 Å². The number of nitrogens with one attached hydrogen (secondary N) is 1. The summed E-state index contributed by atoms with van der Waals surface area (Å²) in [5.41, 5.74) is 3.26. The molecule has 0 bridgehead atoms. The summed E-state index contributed by atoms with van der Waals surface area (Å²) < 4.78 is 5.54. The molecule has 1 aromatic carbocycles. The number of aryl methyl sites for hydroxylation is 2. The van der Waals surface area contributed by atoms with E-state index >= 15 is 0 Å². The van der Waals surface area contributed by atoms with Crippen molar-refractivity contribution in [1.82, 2.24) is 5.32 Å². The van der Waals surface area contributed by atoms with Gasteiger partial charge in [0.15, 0.2) is 5.76 Å². The van der Waals surface area contributed by atoms with E-state index < -0.39 is 0 Å². The summed E-state index contributed by atoms with van der Waals surface area (Å²) in [6, 6.07) is 9.53. The lowest BCUT2D eigenvalue weighted by Gasteiger charge is -2.02. The van der Waals surface area contributed by atoms with Crippen LogP contribution < -0.4 is 5.32 Å². The second-order valence-corrected chi connectivity index (χ2v) is 4.52. The normalized spacial score (nSPS) is 10.5. The van der Waals surface area contributed by atoms with Crippen LogP contribution in [0.4, 0.5) is 0 Å². The molecule has 0 aliphatic rings. The van der Waals surface area contributed by atoms with Crippen molar-refractivity contribution in [3.8, 4) is 11.3 Å². The zero-order valence-corrected chi connectivity index (χ0v) is 11.1. The average Bonchev–Trinajstić information content (AvgIpc) is 2.84. The van der Waals surface area contributed by atoms with Crippen LogP contribution in [0.3, 0.4) is 0 Å². The highest BCUT2D eigenvalue weighted by Crippen LogP contribution is 2.24. The third-order valence-corrected chi connectivity index (χ3v) is 2.73.